The molecule has 150 valence electrons. The van der Waals surface area contributed by atoms with Gasteiger partial charge in [-0.15, -0.1) is 0 Å². The van der Waals surface area contributed by atoms with Crippen LogP contribution in [0.1, 0.15) is 11.6 Å². The Bertz CT molecular complexity index is 1140. The Balaban J connectivity index is 1.61. The van der Waals surface area contributed by atoms with Gasteiger partial charge in [0.15, 0.2) is 6.10 Å². The summed E-state index contributed by atoms with van der Waals surface area (Å²) in [5, 5.41) is 12.5. The number of phenolic OH excluding ortho intramolecular Hbond substituents is 1. The first-order valence-electron chi connectivity index (χ1n) is 9.48. The largest absolute Gasteiger partial charge is 0.508 e. The number of carbonyl (C=O) groups is 2. The first-order valence-corrected chi connectivity index (χ1v) is 9.86. The van der Waals surface area contributed by atoms with E-state index in [9.17, 15) is 14.7 Å². The molecule has 30 heavy (non-hydrogen) atoms. The second kappa shape index (κ2) is 7.16. The number of carbonyl (C=O) groups excluding carboxylic acids is 2. The predicted octanol–water partition coefficient (Wildman–Crippen LogP) is 4.10. The van der Waals surface area contributed by atoms with Crippen LogP contribution in [0.4, 0.5) is 11.4 Å². The van der Waals surface area contributed by atoms with Crippen molar-refractivity contribution in [3.8, 4) is 5.75 Å². The molecule has 2 fully saturated rings. The Kier molecular flexibility index (Phi) is 4.46. The van der Waals surface area contributed by atoms with Crippen LogP contribution in [0, 0.1) is 5.92 Å². The first-order chi connectivity index (χ1) is 14.6. The van der Waals surface area contributed by atoms with Crippen molar-refractivity contribution < 1.29 is 19.5 Å². The summed E-state index contributed by atoms with van der Waals surface area (Å²) in [4.78, 5) is 33.8. The van der Waals surface area contributed by atoms with Gasteiger partial charge in [-0.25, -0.2) is 9.96 Å². The van der Waals surface area contributed by atoms with Crippen molar-refractivity contribution in [3.05, 3.63) is 89.4 Å². The molecule has 0 bridgehead atoms. The molecular formula is C23H17ClN2O4. The standard InChI is InChI=1S/C23H17ClN2O4/c24-14-7-6-10-16(13-14)25-22(28)19-20(17-11-4-5-12-18(17)27)26(30-21(19)23(25)29)15-8-2-1-3-9-15/h1-13,19-21,27H. The Labute approximate surface area is 177 Å². The SMILES string of the molecule is O=C1C2ON(c3ccccc3)C(c3ccccc3O)C2C(=O)N1c1cccc(Cl)c1. The number of amides is 2. The molecule has 0 aromatic heterocycles. The number of fused-ring (bicyclic) bond motifs is 1. The number of nitrogens with zero attached hydrogens (tertiary/aromatic N) is 2. The maximum absolute atomic E-state index is 13.5. The molecule has 1 N–H and O–H groups in total. The van der Waals surface area contributed by atoms with E-state index >= 15 is 0 Å². The van der Waals surface area contributed by atoms with Crippen LogP contribution >= 0.6 is 11.6 Å². The molecule has 3 unspecified atom stereocenters. The van der Waals surface area contributed by atoms with Gasteiger partial charge in [0.25, 0.3) is 5.91 Å². The van der Waals surface area contributed by atoms with Crippen LogP contribution in [-0.4, -0.2) is 23.0 Å². The monoisotopic (exact) mass is 420 g/mol. The zero-order valence-corrected chi connectivity index (χ0v) is 16.4. The van der Waals surface area contributed by atoms with Gasteiger partial charge in [-0.1, -0.05) is 54.1 Å². The number of halogens is 1. The van der Waals surface area contributed by atoms with Crippen molar-refractivity contribution in [1.82, 2.24) is 0 Å². The lowest BCUT2D eigenvalue weighted by Crippen LogP contribution is -2.37. The molecular weight excluding hydrogens is 404 g/mol. The van der Waals surface area contributed by atoms with E-state index in [-0.39, 0.29) is 11.7 Å². The summed E-state index contributed by atoms with van der Waals surface area (Å²) >= 11 is 6.07. The van der Waals surface area contributed by atoms with Crippen molar-refractivity contribution >= 4 is 34.8 Å². The molecule has 5 rings (SSSR count). The van der Waals surface area contributed by atoms with Gasteiger partial charge in [-0.2, -0.15) is 0 Å². The van der Waals surface area contributed by atoms with Crippen molar-refractivity contribution in [2.75, 3.05) is 9.96 Å². The number of para-hydroxylation sites is 2. The van der Waals surface area contributed by atoms with Gasteiger partial charge in [-0.3, -0.25) is 14.4 Å². The molecule has 2 heterocycles. The molecule has 3 atom stereocenters. The second-order valence-electron chi connectivity index (χ2n) is 7.21. The van der Waals surface area contributed by atoms with E-state index < -0.39 is 24.0 Å². The molecule has 2 saturated heterocycles. The number of hydrogen-bond donors (Lipinski definition) is 1. The molecule has 0 aliphatic carbocycles. The lowest BCUT2D eigenvalue weighted by molar-refractivity contribution is -0.126. The number of hydrogen-bond acceptors (Lipinski definition) is 5. The lowest BCUT2D eigenvalue weighted by Gasteiger charge is -2.29. The number of aromatic hydroxyl groups is 1. The second-order valence-corrected chi connectivity index (χ2v) is 7.64. The van der Waals surface area contributed by atoms with Crippen LogP contribution in [0.15, 0.2) is 78.9 Å². The number of imide groups is 1. The topological polar surface area (TPSA) is 70.1 Å². The number of anilines is 2. The zero-order valence-electron chi connectivity index (χ0n) is 15.7. The van der Waals surface area contributed by atoms with Gasteiger partial charge >= 0.3 is 0 Å². The fraction of sp³-hybridized carbons (Fsp3) is 0.130. The van der Waals surface area contributed by atoms with Gasteiger partial charge in [-0.05, 0) is 36.4 Å². The molecule has 3 aromatic carbocycles. The maximum Gasteiger partial charge on any atom is 0.266 e. The first kappa shape index (κ1) is 18.7. The maximum atomic E-state index is 13.5. The number of phenols is 1. The summed E-state index contributed by atoms with van der Waals surface area (Å²) in [6.45, 7) is 0. The van der Waals surface area contributed by atoms with E-state index in [2.05, 4.69) is 0 Å². The van der Waals surface area contributed by atoms with E-state index in [1.807, 2.05) is 30.3 Å². The van der Waals surface area contributed by atoms with E-state index in [4.69, 9.17) is 16.4 Å². The highest BCUT2D eigenvalue weighted by Crippen LogP contribution is 2.49. The number of rotatable bonds is 3. The highest BCUT2D eigenvalue weighted by molar-refractivity contribution is 6.31. The van der Waals surface area contributed by atoms with Crippen LogP contribution < -0.4 is 9.96 Å². The average molecular weight is 421 g/mol. The van der Waals surface area contributed by atoms with Gasteiger partial charge in [0.05, 0.1) is 17.4 Å². The quantitative estimate of drug-likeness (QED) is 0.646. The molecule has 0 radical (unpaired) electrons. The molecule has 2 aliphatic heterocycles. The summed E-state index contributed by atoms with van der Waals surface area (Å²) in [6, 6.07) is 21.9. The smallest absolute Gasteiger partial charge is 0.266 e. The fourth-order valence-corrected chi connectivity index (χ4v) is 4.32. The molecule has 2 amide bonds. The van der Waals surface area contributed by atoms with E-state index in [0.29, 0.717) is 22.0 Å². The van der Waals surface area contributed by atoms with Crippen LogP contribution in [-0.2, 0) is 14.4 Å². The summed E-state index contributed by atoms with van der Waals surface area (Å²) in [6.07, 6.45) is -0.999. The summed E-state index contributed by atoms with van der Waals surface area (Å²) < 4.78 is 0. The molecule has 6 nitrogen and oxygen atoms in total. The fourth-order valence-electron chi connectivity index (χ4n) is 4.14. The van der Waals surface area contributed by atoms with E-state index in [0.717, 1.165) is 4.90 Å². The summed E-state index contributed by atoms with van der Waals surface area (Å²) in [5.41, 5.74) is 1.61. The van der Waals surface area contributed by atoms with E-state index in [1.165, 1.54) is 0 Å². The molecule has 0 saturated carbocycles. The summed E-state index contributed by atoms with van der Waals surface area (Å²) in [5.74, 6) is -1.62. The van der Waals surface area contributed by atoms with Gasteiger partial charge in [0, 0.05) is 10.6 Å². The third-order valence-corrected chi connectivity index (χ3v) is 5.68. The van der Waals surface area contributed by atoms with Crippen LogP contribution in [0.2, 0.25) is 5.02 Å². The Morgan fingerprint density at radius 1 is 0.833 bits per heavy atom. The third kappa shape index (κ3) is 2.84. The van der Waals surface area contributed by atoms with Crippen LogP contribution in [0.5, 0.6) is 5.75 Å². The normalized spacial score (nSPS) is 23.2. The Hall–Kier alpha value is -3.35. The van der Waals surface area contributed by atoms with Crippen LogP contribution in [0.25, 0.3) is 0 Å². The van der Waals surface area contributed by atoms with Crippen molar-refractivity contribution in [3.63, 3.8) is 0 Å². The molecule has 2 aliphatic rings. The van der Waals surface area contributed by atoms with Crippen molar-refractivity contribution in [2.24, 2.45) is 5.92 Å². The number of hydroxylamine groups is 1. The minimum absolute atomic E-state index is 0.0362. The van der Waals surface area contributed by atoms with Gasteiger partial charge in [0.1, 0.15) is 11.7 Å². The minimum atomic E-state index is -0.999. The van der Waals surface area contributed by atoms with Crippen molar-refractivity contribution in [2.45, 2.75) is 12.1 Å². The molecule has 3 aromatic rings. The third-order valence-electron chi connectivity index (χ3n) is 5.45. The highest BCUT2D eigenvalue weighted by Gasteiger charge is 2.60. The summed E-state index contributed by atoms with van der Waals surface area (Å²) in [7, 11) is 0. The average Bonchev–Trinajstić information content (AvgIpc) is 3.25. The Morgan fingerprint density at radius 2 is 1.53 bits per heavy atom. The Morgan fingerprint density at radius 3 is 2.27 bits per heavy atom. The highest BCUT2D eigenvalue weighted by atomic mass is 35.5. The van der Waals surface area contributed by atoms with E-state index in [1.54, 1.807) is 53.6 Å². The van der Waals surface area contributed by atoms with Crippen LogP contribution in [0.3, 0.4) is 0 Å². The zero-order chi connectivity index (χ0) is 20.8. The molecule has 0 spiro atoms. The number of benzene rings is 3. The van der Waals surface area contributed by atoms with Gasteiger partial charge in [0.2, 0.25) is 5.91 Å². The van der Waals surface area contributed by atoms with Gasteiger partial charge < -0.3 is 5.11 Å². The van der Waals surface area contributed by atoms with Crippen molar-refractivity contribution in [1.29, 1.82) is 0 Å². The predicted molar refractivity (Wildman–Crippen MR) is 112 cm³/mol. The molecule has 7 heteroatoms. The lowest BCUT2D eigenvalue weighted by atomic mass is 9.90. The minimum Gasteiger partial charge on any atom is -0.508 e.